The topological polar surface area (TPSA) is 74.0 Å². The molecule has 0 unspecified atom stereocenters. The highest BCUT2D eigenvalue weighted by Crippen LogP contribution is 2.14. The van der Waals surface area contributed by atoms with Gasteiger partial charge >= 0.3 is 0 Å². The number of carbonyl (C=O) groups excluding carboxylic acids is 1. The van der Waals surface area contributed by atoms with E-state index >= 15 is 0 Å². The van der Waals surface area contributed by atoms with Gasteiger partial charge in [-0.05, 0) is 35.9 Å². The van der Waals surface area contributed by atoms with Crippen LogP contribution in [0.3, 0.4) is 0 Å². The molecule has 0 spiro atoms. The number of aromatic nitrogens is 4. The summed E-state index contributed by atoms with van der Waals surface area (Å²) < 4.78 is 8.91. The number of nitrogens with zero attached hydrogens (tertiary/aromatic N) is 4. The number of hydrogen-bond acceptors (Lipinski definition) is 4. The van der Waals surface area contributed by atoms with E-state index < -0.39 is 0 Å². The summed E-state index contributed by atoms with van der Waals surface area (Å²) in [6.07, 6.45) is 5.05. The van der Waals surface area contributed by atoms with Gasteiger partial charge in [-0.3, -0.25) is 9.48 Å². The van der Waals surface area contributed by atoms with Crippen molar-refractivity contribution in [2.75, 3.05) is 5.32 Å². The summed E-state index contributed by atoms with van der Waals surface area (Å²) in [6.45, 7) is 0.775. The monoisotopic (exact) mass is 407 g/mol. The van der Waals surface area contributed by atoms with Gasteiger partial charge in [0.2, 0.25) is 0 Å². The van der Waals surface area contributed by atoms with Crippen LogP contribution in [-0.2, 0) is 13.3 Å². The van der Waals surface area contributed by atoms with Gasteiger partial charge in [-0.15, -0.1) is 0 Å². The number of hydrogen-bond donors (Lipinski definition) is 1. The maximum Gasteiger partial charge on any atom is 0.276 e. The third-order valence-electron chi connectivity index (χ3n) is 4.10. The van der Waals surface area contributed by atoms with Crippen molar-refractivity contribution in [2.24, 2.45) is 0 Å². The van der Waals surface area contributed by atoms with Crippen LogP contribution in [0.4, 0.5) is 5.69 Å². The third-order valence-corrected chi connectivity index (χ3v) is 4.34. The minimum atomic E-state index is -0.314. The van der Waals surface area contributed by atoms with Crippen LogP contribution in [0.25, 0.3) is 0 Å². The molecule has 0 saturated heterocycles. The molecule has 4 rings (SSSR count). The van der Waals surface area contributed by atoms with Crippen LogP contribution in [0, 0.1) is 0 Å². The number of carbonyl (C=O) groups is 1. The van der Waals surface area contributed by atoms with Crippen molar-refractivity contribution in [2.45, 2.75) is 13.3 Å². The lowest BCUT2D eigenvalue weighted by atomic mass is 10.2. The summed E-state index contributed by atoms with van der Waals surface area (Å²) in [5.74, 6) is 0.423. The largest absolute Gasteiger partial charge is 0.471 e. The first-order valence-electron chi connectivity index (χ1n) is 8.95. The fraction of sp³-hybridized carbons (Fsp3) is 0.0952. The molecule has 2 heterocycles. The number of para-hydroxylation sites is 1. The molecule has 1 N–H and O–H groups in total. The van der Waals surface area contributed by atoms with Crippen LogP contribution in [0.2, 0.25) is 5.02 Å². The highest BCUT2D eigenvalue weighted by molar-refractivity contribution is 6.30. The van der Waals surface area contributed by atoms with Gasteiger partial charge in [-0.2, -0.15) is 10.2 Å². The lowest BCUT2D eigenvalue weighted by molar-refractivity contribution is 0.102. The third kappa shape index (κ3) is 5.03. The SMILES string of the molecule is O=C(Nc1cnn(Cc2cccc(Cl)c2)c1)c1ccn(COc2ccccc2)n1. The summed E-state index contributed by atoms with van der Waals surface area (Å²) in [6, 6.07) is 18.6. The Balaban J connectivity index is 1.34. The van der Waals surface area contributed by atoms with Crippen LogP contribution in [0.5, 0.6) is 5.75 Å². The Kier molecular flexibility index (Phi) is 5.58. The van der Waals surface area contributed by atoms with Gasteiger partial charge in [0.05, 0.1) is 18.4 Å². The molecule has 2 aromatic heterocycles. The van der Waals surface area contributed by atoms with Gasteiger partial charge in [0, 0.05) is 17.4 Å². The minimum Gasteiger partial charge on any atom is -0.471 e. The van der Waals surface area contributed by atoms with Crippen molar-refractivity contribution >= 4 is 23.2 Å². The van der Waals surface area contributed by atoms with Crippen molar-refractivity contribution in [1.82, 2.24) is 19.6 Å². The highest BCUT2D eigenvalue weighted by atomic mass is 35.5. The average Bonchev–Trinajstić information content (AvgIpc) is 3.37. The number of nitrogens with one attached hydrogen (secondary N) is 1. The van der Waals surface area contributed by atoms with E-state index in [1.807, 2.05) is 54.6 Å². The first kappa shape index (κ1) is 18.8. The van der Waals surface area contributed by atoms with Crippen LogP contribution >= 0.6 is 11.6 Å². The second-order valence-electron chi connectivity index (χ2n) is 6.34. The molecule has 0 aliphatic carbocycles. The molecule has 0 radical (unpaired) electrons. The van der Waals surface area contributed by atoms with Gasteiger partial charge in [-0.1, -0.05) is 41.9 Å². The Morgan fingerprint density at radius 3 is 2.76 bits per heavy atom. The molecule has 2 aromatic carbocycles. The first-order chi connectivity index (χ1) is 14.2. The van der Waals surface area contributed by atoms with Gasteiger partial charge in [0.1, 0.15) is 5.75 Å². The summed E-state index contributed by atoms with van der Waals surface area (Å²) >= 11 is 6.01. The average molecular weight is 408 g/mol. The molecule has 0 fully saturated rings. The zero-order valence-electron chi connectivity index (χ0n) is 15.4. The number of benzene rings is 2. The maximum atomic E-state index is 12.4. The van der Waals surface area contributed by atoms with Crippen LogP contribution in [0.1, 0.15) is 16.1 Å². The molecule has 0 aliphatic heterocycles. The Morgan fingerprint density at radius 1 is 1.07 bits per heavy atom. The summed E-state index contributed by atoms with van der Waals surface area (Å²) in [4.78, 5) is 12.4. The Labute approximate surface area is 172 Å². The molecular weight excluding hydrogens is 390 g/mol. The lowest BCUT2D eigenvalue weighted by Gasteiger charge is -2.05. The smallest absolute Gasteiger partial charge is 0.276 e. The van der Waals surface area contributed by atoms with Crippen LogP contribution in [0.15, 0.2) is 79.3 Å². The zero-order chi connectivity index (χ0) is 20.1. The first-order valence-corrected chi connectivity index (χ1v) is 9.33. The maximum absolute atomic E-state index is 12.4. The number of anilines is 1. The molecule has 0 atom stereocenters. The molecule has 146 valence electrons. The second kappa shape index (κ2) is 8.62. The van der Waals surface area contributed by atoms with E-state index in [9.17, 15) is 4.79 Å². The second-order valence-corrected chi connectivity index (χ2v) is 6.77. The standard InChI is InChI=1S/C21H18ClN5O2/c22-17-6-4-5-16(11-17)13-27-14-18(12-23-27)24-21(28)20-9-10-26(25-20)15-29-19-7-2-1-3-8-19/h1-12,14H,13,15H2,(H,24,28). The molecule has 0 bridgehead atoms. The summed E-state index contributed by atoms with van der Waals surface area (Å²) in [7, 11) is 0. The van der Waals surface area contributed by atoms with Crippen molar-refractivity contribution in [3.05, 3.63) is 95.5 Å². The van der Waals surface area contributed by atoms with E-state index in [0.29, 0.717) is 22.9 Å². The van der Waals surface area contributed by atoms with E-state index in [2.05, 4.69) is 15.5 Å². The molecule has 8 heteroatoms. The van der Waals surface area contributed by atoms with Gasteiger partial charge < -0.3 is 10.1 Å². The highest BCUT2D eigenvalue weighted by Gasteiger charge is 2.11. The number of amides is 1. The van der Waals surface area contributed by atoms with Gasteiger partial charge in [0.15, 0.2) is 12.4 Å². The van der Waals surface area contributed by atoms with Crippen LogP contribution < -0.4 is 10.1 Å². The Bertz CT molecular complexity index is 1110. The van der Waals surface area contributed by atoms with E-state index in [4.69, 9.17) is 16.3 Å². The predicted octanol–water partition coefficient (Wildman–Crippen LogP) is 4.07. The zero-order valence-corrected chi connectivity index (χ0v) is 16.2. The quantitative estimate of drug-likeness (QED) is 0.501. The molecular formula is C21H18ClN5O2. The van der Waals surface area contributed by atoms with Crippen LogP contribution in [-0.4, -0.2) is 25.5 Å². The fourth-order valence-electron chi connectivity index (χ4n) is 2.74. The van der Waals surface area contributed by atoms with E-state index in [-0.39, 0.29) is 12.6 Å². The number of ether oxygens (including phenoxy) is 1. The normalized spacial score (nSPS) is 10.7. The van der Waals surface area contributed by atoms with E-state index in [1.54, 1.807) is 34.0 Å². The summed E-state index contributed by atoms with van der Waals surface area (Å²) in [5, 5.41) is 12.0. The predicted molar refractivity (Wildman–Crippen MR) is 110 cm³/mol. The number of rotatable bonds is 7. The fourth-order valence-corrected chi connectivity index (χ4v) is 2.96. The minimum absolute atomic E-state index is 0.217. The molecule has 7 nitrogen and oxygen atoms in total. The van der Waals surface area contributed by atoms with Gasteiger partial charge in [-0.25, -0.2) is 4.68 Å². The molecule has 0 aliphatic rings. The molecule has 4 aromatic rings. The Hall–Kier alpha value is -3.58. The van der Waals surface area contributed by atoms with E-state index in [0.717, 1.165) is 11.3 Å². The van der Waals surface area contributed by atoms with Crippen molar-refractivity contribution in [1.29, 1.82) is 0 Å². The molecule has 0 saturated carbocycles. The molecule has 29 heavy (non-hydrogen) atoms. The lowest BCUT2D eigenvalue weighted by Crippen LogP contribution is -2.14. The van der Waals surface area contributed by atoms with Crippen molar-refractivity contribution in [3.63, 3.8) is 0 Å². The summed E-state index contributed by atoms with van der Waals surface area (Å²) in [5.41, 5.74) is 1.91. The van der Waals surface area contributed by atoms with E-state index in [1.165, 1.54) is 0 Å². The molecule has 1 amide bonds. The van der Waals surface area contributed by atoms with Crippen molar-refractivity contribution < 1.29 is 9.53 Å². The Morgan fingerprint density at radius 2 is 1.93 bits per heavy atom. The van der Waals surface area contributed by atoms with Gasteiger partial charge in [0.25, 0.3) is 5.91 Å². The number of halogens is 1. The van der Waals surface area contributed by atoms with Crippen molar-refractivity contribution in [3.8, 4) is 5.75 Å².